The quantitative estimate of drug-likeness (QED) is 0.884. The lowest BCUT2D eigenvalue weighted by atomic mass is 9.95. The Morgan fingerprint density at radius 2 is 1.91 bits per heavy atom. The second kappa shape index (κ2) is 6.73. The van der Waals surface area contributed by atoms with Crippen molar-refractivity contribution in [2.24, 2.45) is 5.73 Å². The zero-order valence-electron chi connectivity index (χ0n) is 14.1. The number of nitrogens with two attached hydrogens (primary N) is 1. The maximum Gasteiger partial charge on any atom is 0.271 e. The topological polar surface area (TPSA) is 87.6 Å². The summed E-state index contributed by atoms with van der Waals surface area (Å²) in [6.45, 7) is 6.07. The first kappa shape index (κ1) is 16.9. The molecule has 0 aliphatic heterocycles. The van der Waals surface area contributed by atoms with E-state index in [1.54, 1.807) is 14.2 Å². The molecule has 6 nitrogen and oxygen atoms in total. The van der Waals surface area contributed by atoms with Gasteiger partial charge in [0.05, 0.1) is 19.8 Å². The molecular formula is C17H22N2O4. The highest BCUT2D eigenvalue weighted by Gasteiger charge is 2.24. The first-order valence-electron chi connectivity index (χ1n) is 7.49. The van der Waals surface area contributed by atoms with Crippen LogP contribution in [0.2, 0.25) is 0 Å². The fourth-order valence-corrected chi connectivity index (χ4v) is 2.59. The van der Waals surface area contributed by atoms with Crippen LogP contribution in [0.3, 0.4) is 0 Å². The number of hydrogen-bond acceptors (Lipinski definition) is 5. The summed E-state index contributed by atoms with van der Waals surface area (Å²) < 4.78 is 16.3. The number of amides is 1. The number of carbonyl (C=O) groups is 1. The zero-order chi connectivity index (χ0) is 17.1. The molecule has 1 amide bonds. The van der Waals surface area contributed by atoms with E-state index < -0.39 is 5.91 Å². The largest absolute Gasteiger partial charge is 0.496 e. The molecule has 23 heavy (non-hydrogen) atoms. The van der Waals surface area contributed by atoms with Crippen LogP contribution < -0.4 is 15.2 Å². The number of ether oxygens (including phenoxy) is 2. The Balaban J connectivity index is 2.72. The smallest absolute Gasteiger partial charge is 0.271 e. The fraction of sp³-hybridized carbons (Fsp3) is 0.412. The molecule has 0 fully saturated rings. The molecule has 0 radical (unpaired) electrons. The summed E-state index contributed by atoms with van der Waals surface area (Å²) in [4.78, 5) is 11.5. The maximum atomic E-state index is 11.5. The molecule has 2 N–H and O–H groups in total. The third-order valence-electron chi connectivity index (χ3n) is 3.79. The van der Waals surface area contributed by atoms with Gasteiger partial charge in [-0.05, 0) is 24.0 Å². The van der Waals surface area contributed by atoms with Crippen molar-refractivity contribution in [1.29, 1.82) is 0 Å². The molecule has 0 spiro atoms. The van der Waals surface area contributed by atoms with Crippen LogP contribution in [-0.2, 0) is 6.42 Å². The molecule has 0 saturated carbocycles. The second-order valence-electron chi connectivity index (χ2n) is 5.51. The zero-order valence-corrected chi connectivity index (χ0v) is 14.1. The minimum absolute atomic E-state index is 0.159. The molecule has 0 atom stereocenters. The van der Waals surface area contributed by atoms with Crippen molar-refractivity contribution in [3.05, 3.63) is 29.0 Å². The van der Waals surface area contributed by atoms with Gasteiger partial charge in [0.25, 0.3) is 5.91 Å². The second-order valence-corrected chi connectivity index (χ2v) is 5.51. The Morgan fingerprint density at radius 1 is 1.26 bits per heavy atom. The first-order chi connectivity index (χ1) is 10.9. The van der Waals surface area contributed by atoms with Crippen molar-refractivity contribution < 1.29 is 18.8 Å². The number of nitrogens with zero attached hydrogens (tertiary/aromatic N) is 1. The number of methoxy groups -OCH3 is 2. The van der Waals surface area contributed by atoms with Gasteiger partial charge < -0.3 is 19.7 Å². The SMILES string of the molecule is CCc1c(C(N)=O)noc1-c1cc(C(C)C)c(OC)cc1OC. The van der Waals surface area contributed by atoms with Crippen LogP contribution in [0.1, 0.15) is 48.3 Å². The van der Waals surface area contributed by atoms with Gasteiger partial charge in [0, 0.05) is 11.6 Å². The van der Waals surface area contributed by atoms with Crippen molar-refractivity contribution in [1.82, 2.24) is 5.16 Å². The summed E-state index contributed by atoms with van der Waals surface area (Å²) in [5.74, 6) is 1.48. The minimum atomic E-state index is -0.603. The maximum absolute atomic E-state index is 11.5. The Bertz CT molecular complexity index is 720. The average molecular weight is 318 g/mol. The third-order valence-corrected chi connectivity index (χ3v) is 3.79. The molecule has 1 aromatic heterocycles. The molecule has 1 aromatic carbocycles. The van der Waals surface area contributed by atoms with Crippen LogP contribution in [0.25, 0.3) is 11.3 Å². The van der Waals surface area contributed by atoms with E-state index in [9.17, 15) is 4.79 Å². The Labute approximate surface area is 135 Å². The lowest BCUT2D eigenvalue weighted by Gasteiger charge is -2.16. The highest BCUT2D eigenvalue weighted by molar-refractivity contribution is 5.94. The average Bonchev–Trinajstić information content (AvgIpc) is 2.97. The van der Waals surface area contributed by atoms with E-state index in [0.29, 0.717) is 23.5 Å². The van der Waals surface area contributed by atoms with Gasteiger partial charge in [0.2, 0.25) is 0 Å². The van der Waals surface area contributed by atoms with Gasteiger partial charge in [-0.1, -0.05) is 25.9 Å². The summed E-state index contributed by atoms with van der Waals surface area (Å²) >= 11 is 0. The number of aromatic nitrogens is 1. The van der Waals surface area contributed by atoms with Crippen molar-refractivity contribution >= 4 is 5.91 Å². The summed E-state index contributed by atoms with van der Waals surface area (Å²) in [6, 6.07) is 3.77. The van der Waals surface area contributed by atoms with E-state index in [0.717, 1.165) is 16.9 Å². The predicted octanol–water partition coefficient (Wildman–Crippen LogP) is 3.14. The van der Waals surface area contributed by atoms with Crippen LogP contribution in [0.4, 0.5) is 0 Å². The van der Waals surface area contributed by atoms with Gasteiger partial charge in [-0.25, -0.2) is 0 Å². The molecule has 6 heteroatoms. The summed E-state index contributed by atoms with van der Waals surface area (Å²) in [6.07, 6.45) is 0.573. The van der Waals surface area contributed by atoms with Crippen molar-refractivity contribution in [2.45, 2.75) is 33.1 Å². The standard InChI is InChI=1S/C17H22N2O4/c1-6-10-15(17(18)20)19-23-16(10)12-7-11(9(2)3)13(21-4)8-14(12)22-5/h7-9H,6H2,1-5H3,(H2,18,20). The number of benzene rings is 1. The van der Waals surface area contributed by atoms with Crippen molar-refractivity contribution in [3.63, 3.8) is 0 Å². The van der Waals surface area contributed by atoms with E-state index in [-0.39, 0.29) is 11.6 Å². The highest BCUT2D eigenvalue weighted by Crippen LogP contribution is 2.40. The van der Waals surface area contributed by atoms with Crippen molar-refractivity contribution in [2.75, 3.05) is 14.2 Å². The molecule has 2 aromatic rings. The van der Waals surface area contributed by atoms with Crippen LogP contribution in [-0.4, -0.2) is 25.3 Å². The van der Waals surface area contributed by atoms with E-state index >= 15 is 0 Å². The molecule has 0 unspecified atom stereocenters. The van der Waals surface area contributed by atoms with Gasteiger partial charge in [-0.3, -0.25) is 4.79 Å². The van der Waals surface area contributed by atoms with Crippen LogP contribution in [0.5, 0.6) is 11.5 Å². The first-order valence-corrected chi connectivity index (χ1v) is 7.49. The molecule has 1 heterocycles. The summed E-state index contributed by atoms with van der Waals surface area (Å²) in [5, 5.41) is 3.82. The van der Waals surface area contributed by atoms with Crippen LogP contribution in [0, 0.1) is 0 Å². The molecule has 0 saturated heterocycles. The van der Waals surface area contributed by atoms with Crippen molar-refractivity contribution in [3.8, 4) is 22.8 Å². The summed E-state index contributed by atoms with van der Waals surface area (Å²) in [7, 11) is 3.20. The minimum Gasteiger partial charge on any atom is -0.496 e. The third kappa shape index (κ3) is 3.02. The number of carbonyl (C=O) groups excluding carboxylic acids is 1. The molecule has 2 rings (SSSR count). The van der Waals surface area contributed by atoms with E-state index in [2.05, 4.69) is 19.0 Å². The highest BCUT2D eigenvalue weighted by atomic mass is 16.5. The van der Waals surface area contributed by atoms with Gasteiger partial charge >= 0.3 is 0 Å². The summed E-state index contributed by atoms with van der Waals surface area (Å²) in [5.41, 5.74) is 7.95. The van der Waals surface area contributed by atoms with Gasteiger partial charge in [0.1, 0.15) is 11.5 Å². The molecular weight excluding hydrogens is 296 g/mol. The Morgan fingerprint density at radius 3 is 2.39 bits per heavy atom. The van der Waals surface area contributed by atoms with Gasteiger partial charge in [0.15, 0.2) is 11.5 Å². The van der Waals surface area contributed by atoms with Gasteiger partial charge in [-0.15, -0.1) is 0 Å². The molecule has 0 aliphatic carbocycles. The number of hydrogen-bond donors (Lipinski definition) is 1. The van der Waals surface area contributed by atoms with Crippen LogP contribution in [0.15, 0.2) is 16.7 Å². The van der Waals surface area contributed by atoms with E-state index in [1.165, 1.54) is 0 Å². The lowest BCUT2D eigenvalue weighted by molar-refractivity contribution is 0.0991. The van der Waals surface area contributed by atoms with Crippen LogP contribution >= 0.6 is 0 Å². The normalized spacial score (nSPS) is 10.9. The molecule has 0 aliphatic rings. The predicted molar refractivity (Wildman–Crippen MR) is 87.0 cm³/mol. The molecule has 124 valence electrons. The lowest BCUT2D eigenvalue weighted by Crippen LogP contribution is -2.13. The van der Waals surface area contributed by atoms with E-state index in [1.807, 2.05) is 19.1 Å². The number of primary amides is 1. The molecule has 0 bridgehead atoms. The number of rotatable bonds is 6. The van der Waals surface area contributed by atoms with Gasteiger partial charge in [-0.2, -0.15) is 0 Å². The van der Waals surface area contributed by atoms with E-state index in [4.69, 9.17) is 19.7 Å². The monoisotopic (exact) mass is 318 g/mol. The Hall–Kier alpha value is -2.50. The Kier molecular flexibility index (Phi) is 4.93. The fourth-order valence-electron chi connectivity index (χ4n) is 2.59.